The average molecular weight is 491 g/mol. The number of alkyl halides is 1. The molecule has 35 heavy (non-hydrogen) atoms. The van der Waals surface area contributed by atoms with Crippen LogP contribution >= 0.6 is 0 Å². The van der Waals surface area contributed by atoms with Gasteiger partial charge in [0.25, 0.3) is 5.91 Å². The van der Waals surface area contributed by atoms with Crippen LogP contribution in [0.25, 0.3) is 10.9 Å². The van der Waals surface area contributed by atoms with Crippen LogP contribution in [0.2, 0.25) is 0 Å². The molecule has 10 heteroatoms. The molecule has 1 aromatic carbocycles. The van der Waals surface area contributed by atoms with Crippen LogP contribution in [0.3, 0.4) is 0 Å². The number of para-hydroxylation sites is 1. The second-order valence-electron chi connectivity index (χ2n) is 9.58. The first kappa shape index (κ1) is 26.3. The summed E-state index contributed by atoms with van der Waals surface area (Å²) in [6, 6.07) is 3.58. The number of hydrogen-bond acceptors (Lipinski definition) is 4. The molecule has 0 spiro atoms. The molecule has 2 aromatic rings. The molecule has 1 aromatic heterocycles. The van der Waals surface area contributed by atoms with Gasteiger partial charge in [0, 0.05) is 30.7 Å². The number of aromatic nitrogens is 1. The largest absolute Gasteiger partial charge is 0.356 e. The third-order valence-corrected chi connectivity index (χ3v) is 6.13. The van der Waals surface area contributed by atoms with Crippen molar-refractivity contribution in [1.29, 1.82) is 0 Å². The Morgan fingerprint density at radius 1 is 1.20 bits per heavy atom. The molecule has 1 aliphatic heterocycles. The number of benzene rings is 1. The Hall–Kier alpha value is -3.30. The monoisotopic (exact) mass is 490 g/mol. The quantitative estimate of drug-likeness (QED) is 0.409. The Morgan fingerprint density at radius 3 is 2.57 bits per heavy atom. The van der Waals surface area contributed by atoms with Crippen LogP contribution in [0.15, 0.2) is 24.3 Å². The van der Waals surface area contributed by atoms with Crippen molar-refractivity contribution in [3.05, 3.63) is 35.8 Å². The Balaban J connectivity index is 1.78. The molecule has 0 unspecified atom stereocenters. The highest BCUT2D eigenvalue weighted by Crippen LogP contribution is 2.22. The molecule has 3 atom stereocenters. The van der Waals surface area contributed by atoms with Crippen LogP contribution < -0.4 is 16.0 Å². The van der Waals surface area contributed by atoms with E-state index in [1.54, 1.807) is 13.0 Å². The minimum atomic E-state index is -1.81. The Bertz CT molecular complexity index is 1110. The highest BCUT2D eigenvalue weighted by Gasteiger charge is 2.34. The number of fused-ring (bicyclic) bond motifs is 1. The lowest BCUT2D eigenvalue weighted by molar-refractivity contribution is -0.132. The van der Waals surface area contributed by atoms with Gasteiger partial charge in [0.2, 0.25) is 11.8 Å². The molecule has 8 nitrogen and oxygen atoms in total. The molecule has 0 radical (unpaired) electrons. The van der Waals surface area contributed by atoms with Gasteiger partial charge >= 0.3 is 0 Å². The molecule has 0 bridgehead atoms. The van der Waals surface area contributed by atoms with Crippen molar-refractivity contribution in [2.45, 2.75) is 70.6 Å². The fourth-order valence-electron chi connectivity index (χ4n) is 4.31. The number of ketones is 1. The molecule has 4 N–H and O–H groups in total. The summed E-state index contributed by atoms with van der Waals surface area (Å²) >= 11 is 0. The first-order valence-corrected chi connectivity index (χ1v) is 11.9. The maximum Gasteiger partial charge on any atom is 0.268 e. The minimum Gasteiger partial charge on any atom is -0.356 e. The number of aromatic amines is 1. The molecule has 0 aliphatic carbocycles. The van der Waals surface area contributed by atoms with E-state index in [4.69, 9.17) is 0 Å². The number of rotatable bonds is 10. The third-order valence-electron chi connectivity index (χ3n) is 6.13. The Kier molecular flexibility index (Phi) is 8.24. The van der Waals surface area contributed by atoms with Crippen molar-refractivity contribution in [3.63, 3.8) is 0 Å². The van der Waals surface area contributed by atoms with E-state index in [9.17, 15) is 28.0 Å². The molecule has 0 saturated carbocycles. The van der Waals surface area contributed by atoms with Gasteiger partial charge < -0.3 is 20.9 Å². The summed E-state index contributed by atoms with van der Waals surface area (Å²) in [5.41, 5.74) is -1.65. The second kappa shape index (κ2) is 11.0. The van der Waals surface area contributed by atoms with Crippen molar-refractivity contribution in [1.82, 2.24) is 20.9 Å². The van der Waals surface area contributed by atoms with Gasteiger partial charge in [0.1, 0.15) is 23.2 Å². The number of Topliss-reactive ketones (excluding diaryl/α,β-unsaturated/α-hetero) is 1. The van der Waals surface area contributed by atoms with Gasteiger partial charge in [-0.15, -0.1) is 0 Å². The van der Waals surface area contributed by atoms with Crippen LogP contribution in [0.4, 0.5) is 8.78 Å². The van der Waals surface area contributed by atoms with E-state index in [0.29, 0.717) is 18.4 Å². The lowest BCUT2D eigenvalue weighted by atomic mass is 9.89. The number of hydrogen-bond donors (Lipinski definition) is 4. The van der Waals surface area contributed by atoms with Gasteiger partial charge in [-0.25, -0.2) is 8.78 Å². The van der Waals surface area contributed by atoms with Gasteiger partial charge in [-0.1, -0.05) is 19.1 Å². The number of carbonyl (C=O) groups excluding carboxylic acids is 4. The fraction of sp³-hybridized carbons (Fsp3) is 0.520. The van der Waals surface area contributed by atoms with Crippen LogP contribution in [-0.2, 0) is 14.4 Å². The molecule has 1 fully saturated rings. The summed E-state index contributed by atoms with van der Waals surface area (Å²) in [6.45, 7) is 4.78. The number of carbonyl (C=O) groups is 4. The number of halogens is 2. The predicted octanol–water partition coefficient (Wildman–Crippen LogP) is 2.92. The Labute approximate surface area is 202 Å². The van der Waals surface area contributed by atoms with Crippen molar-refractivity contribution < 1.29 is 28.0 Å². The maximum absolute atomic E-state index is 14.6. The van der Waals surface area contributed by atoms with Gasteiger partial charge in [0.05, 0.1) is 11.6 Å². The summed E-state index contributed by atoms with van der Waals surface area (Å²) in [5.74, 6) is -2.82. The highest BCUT2D eigenvalue weighted by atomic mass is 19.1. The Morgan fingerprint density at radius 2 is 1.94 bits per heavy atom. The minimum absolute atomic E-state index is 0.0135. The van der Waals surface area contributed by atoms with E-state index in [1.807, 2.05) is 0 Å². The lowest BCUT2D eigenvalue weighted by Crippen LogP contribution is -2.54. The van der Waals surface area contributed by atoms with E-state index in [-0.39, 0.29) is 42.2 Å². The molecule has 190 valence electrons. The topological polar surface area (TPSA) is 120 Å². The van der Waals surface area contributed by atoms with Gasteiger partial charge in [-0.05, 0) is 45.2 Å². The summed E-state index contributed by atoms with van der Waals surface area (Å²) in [5, 5.41) is 8.37. The van der Waals surface area contributed by atoms with Crippen molar-refractivity contribution in [3.8, 4) is 0 Å². The molecule has 3 amide bonds. The lowest BCUT2D eigenvalue weighted by Gasteiger charge is -2.28. The van der Waals surface area contributed by atoms with Crippen LogP contribution in [0.1, 0.15) is 63.4 Å². The summed E-state index contributed by atoms with van der Waals surface area (Å²) in [4.78, 5) is 53.5. The van der Waals surface area contributed by atoms with E-state index in [2.05, 4.69) is 20.9 Å². The summed E-state index contributed by atoms with van der Waals surface area (Å²) < 4.78 is 28.6. The summed E-state index contributed by atoms with van der Waals surface area (Å²) in [7, 11) is 0. The first-order valence-electron chi connectivity index (χ1n) is 11.9. The number of amides is 3. The molecular weight excluding hydrogens is 458 g/mol. The standard InChI is InChI=1S/C25H32F2N4O4/c1-4-20(32)17(12-15-8-6-10-28-22(15)33)30-24(35)19(13-25(2,3)27)31-23(34)18-11-14-7-5-9-16(26)21(14)29-18/h5,7,9,11,15,17,19,29H,4,6,8,10,12-13H2,1-3H3,(H,28,33)(H,30,35)(H,31,34)/t15-,17-,19-/m0/s1. The molecule has 1 saturated heterocycles. The molecule has 3 rings (SSSR count). The third kappa shape index (κ3) is 6.86. The second-order valence-corrected chi connectivity index (χ2v) is 9.58. The predicted molar refractivity (Wildman–Crippen MR) is 127 cm³/mol. The van der Waals surface area contributed by atoms with Gasteiger partial charge in [-0.2, -0.15) is 0 Å². The van der Waals surface area contributed by atoms with Crippen molar-refractivity contribution in [2.75, 3.05) is 6.54 Å². The van der Waals surface area contributed by atoms with E-state index >= 15 is 0 Å². The maximum atomic E-state index is 14.6. The molecule has 1 aliphatic rings. The van der Waals surface area contributed by atoms with Crippen molar-refractivity contribution >= 4 is 34.4 Å². The van der Waals surface area contributed by atoms with Crippen LogP contribution in [0, 0.1) is 11.7 Å². The number of H-pyrrole nitrogens is 1. The zero-order valence-electron chi connectivity index (χ0n) is 20.2. The normalized spacial score (nSPS) is 18.0. The highest BCUT2D eigenvalue weighted by molar-refractivity contribution is 6.01. The zero-order chi connectivity index (χ0) is 25.8. The first-order chi connectivity index (χ1) is 16.5. The summed E-state index contributed by atoms with van der Waals surface area (Å²) in [6.07, 6.45) is 1.30. The van der Waals surface area contributed by atoms with E-state index in [0.717, 1.165) is 6.42 Å². The van der Waals surface area contributed by atoms with Gasteiger partial charge in [0.15, 0.2) is 5.78 Å². The number of piperidine rings is 1. The zero-order valence-corrected chi connectivity index (χ0v) is 20.2. The number of nitrogens with one attached hydrogen (secondary N) is 4. The van der Waals surface area contributed by atoms with E-state index in [1.165, 1.54) is 32.0 Å². The van der Waals surface area contributed by atoms with Crippen LogP contribution in [0.5, 0.6) is 0 Å². The average Bonchev–Trinajstić information content (AvgIpc) is 3.24. The SMILES string of the molecule is CCC(=O)[C@H](C[C@@H]1CCCNC1=O)NC(=O)[C@H](CC(C)(C)F)NC(=O)c1cc2cccc(F)c2[nH]1. The molecular formula is C25H32F2N4O4. The van der Waals surface area contributed by atoms with E-state index < -0.39 is 41.3 Å². The molecule has 2 heterocycles. The smallest absolute Gasteiger partial charge is 0.268 e. The van der Waals surface area contributed by atoms with Gasteiger partial charge in [-0.3, -0.25) is 19.2 Å². The van der Waals surface area contributed by atoms with Crippen molar-refractivity contribution in [2.24, 2.45) is 5.92 Å². The van der Waals surface area contributed by atoms with Crippen LogP contribution in [-0.4, -0.2) is 52.8 Å². The fourth-order valence-corrected chi connectivity index (χ4v) is 4.31.